The summed E-state index contributed by atoms with van der Waals surface area (Å²) in [7, 11) is 0. The Balaban J connectivity index is 1.79. The average Bonchev–Trinajstić information content (AvgIpc) is 2.68. The number of carbonyl (C=O) groups is 1. The van der Waals surface area contributed by atoms with Gasteiger partial charge in [0, 0.05) is 6.07 Å². The maximum Gasteiger partial charge on any atom is 0.272 e. The number of carbonyl (C=O) groups excluding carboxylic acids is 1. The van der Waals surface area contributed by atoms with Crippen molar-refractivity contribution >= 4 is 5.91 Å². The number of aromatic nitrogens is 2. The first-order chi connectivity index (χ1) is 13.4. The Morgan fingerprint density at radius 3 is 2.46 bits per heavy atom. The fraction of sp³-hybridized carbons (Fsp3) is 0.227. The summed E-state index contributed by atoms with van der Waals surface area (Å²) in [4.78, 5) is 24.8. The second-order valence-electron chi connectivity index (χ2n) is 6.74. The monoisotopic (exact) mass is 377 g/mol. The number of hydrogen-bond donors (Lipinski definition) is 1. The van der Waals surface area contributed by atoms with E-state index in [1.165, 1.54) is 16.8 Å². The van der Waals surface area contributed by atoms with Crippen molar-refractivity contribution in [1.29, 1.82) is 0 Å². The summed E-state index contributed by atoms with van der Waals surface area (Å²) >= 11 is 0. The van der Waals surface area contributed by atoms with Crippen LogP contribution in [0.1, 0.15) is 42.9 Å². The van der Waals surface area contributed by atoms with Gasteiger partial charge in [-0.3, -0.25) is 9.59 Å². The summed E-state index contributed by atoms with van der Waals surface area (Å²) in [5.41, 5.74) is 1.40. The van der Waals surface area contributed by atoms with E-state index in [2.05, 4.69) is 10.4 Å². The van der Waals surface area contributed by atoms with Gasteiger partial charge in [0.1, 0.15) is 11.4 Å². The maximum atomic E-state index is 12.7. The molecular weight excluding hydrogens is 354 g/mol. The average molecular weight is 377 g/mol. The Labute approximate surface area is 163 Å². The third-order valence-corrected chi connectivity index (χ3v) is 4.11. The van der Waals surface area contributed by atoms with Gasteiger partial charge < -0.3 is 10.1 Å². The van der Waals surface area contributed by atoms with E-state index in [0.717, 1.165) is 11.3 Å². The smallest absolute Gasteiger partial charge is 0.272 e. The van der Waals surface area contributed by atoms with Gasteiger partial charge in [-0.05, 0) is 56.7 Å². The van der Waals surface area contributed by atoms with Crippen LogP contribution in [0.2, 0.25) is 0 Å². The van der Waals surface area contributed by atoms with E-state index in [1.54, 1.807) is 12.1 Å². The molecule has 0 spiro atoms. The zero-order valence-corrected chi connectivity index (χ0v) is 16.1. The van der Waals surface area contributed by atoms with Gasteiger partial charge in [0.2, 0.25) is 0 Å². The van der Waals surface area contributed by atoms with Crippen LogP contribution in [-0.4, -0.2) is 21.8 Å². The van der Waals surface area contributed by atoms with Crippen molar-refractivity contribution in [1.82, 2.24) is 15.1 Å². The predicted molar refractivity (Wildman–Crippen MR) is 108 cm³/mol. The number of rotatable bonds is 6. The highest BCUT2D eigenvalue weighted by Crippen LogP contribution is 2.20. The second-order valence-corrected chi connectivity index (χ2v) is 6.74. The summed E-state index contributed by atoms with van der Waals surface area (Å²) in [6.07, 6.45) is 0.0726. The molecule has 0 bridgehead atoms. The Morgan fingerprint density at radius 2 is 1.75 bits per heavy atom. The van der Waals surface area contributed by atoms with Crippen LogP contribution < -0.4 is 15.6 Å². The van der Waals surface area contributed by atoms with Gasteiger partial charge >= 0.3 is 0 Å². The minimum absolute atomic E-state index is 0.0726. The molecule has 2 aromatic carbocycles. The van der Waals surface area contributed by atoms with Crippen LogP contribution in [-0.2, 0) is 0 Å². The largest absolute Gasteiger partial charge is 0.491 e. The zero-order valence-electron chi connectivity index (χ0n) is 16.1. The number of benzene rings is 2. The van der Waals surface area contributed by atoms with E-state index in [0.29, 0.717) is 5.69 Å². The molecular formula is C22H23N3O3. The van der Waals surface area contributed by atoms with Crippen LogP contribution in [0.25, 0.3) is 5.69 Å². The van der Waals surface area contributed by atoms with Crippen molar-refractivity contribution in [2.75, 3.05) is 0 Å². The molecule has 1 heterocycles. The number of nitrogens with one attached hydrogen (secondary N) is 1. The van der Waals surface area contributed by atoms with Crippen molar-refractivity contribution in [3.8, 4) is 11.4 Å². The number of para-hydroxylation sites is 1. The lowest BCUT2D eigenvalue weighted by Crippen LogP contribution is -2.30. The fourth-order valence-electron chi connectivity index (χ4n) is 2.77. The lowest BCUT2D eigenvalue weighted by atomic mass is 10.1. The molecule has 0 saturated carbocycles. The molecule has 1 atom stereocenters. The zero-order chi connectivity index (χ0) is 20.1. The van der Waals surface area contributed by atoms with Crippen LogP contribution in [0.5, 0.6) is 5.75 Å². The van der Waals surface area contributed by atoms with Crippen LogP contribution in [0.4, 0.5) is 0 Å². The first-order valence-electron chi connectivity index (χ1n) is 9.17. The first kappa shape index (κ1) is 19.4. The lowest BCUT2D eigenvalue weighted by molar-refractivity contribution is 0.0933. The van der Waals surface area contributed by atoms with Crippen molar-refractivity contribution < 1.29 is 9.53 Å². The number of hydrogen-bond acceptors (Lipinski definition) is 4. The van der Waals surface area contributed by atoms with E-state index < -0.39 is 0 Å². The van der Waals surface area contributed by atoms with Crippen LogP contribution >= 0.6 is 0 Å². The molecule has 0 aliphatic heterocycles. The van der Waals surface area contributed by atoms with Gasteiger partial charge in [-0.1, -0.05) is 30.3 Å². The maximum absolute atomic E-state index is 12.7. The topological polar surface area (TPSA) is 73.2 Å². The molecule has 0 radical (unpaired) electrons. The summed E-state index contributed by atoms with van der Waals surface area (Å²) in [5, 5.41) is 7.13. The first-order valence-corrected chi connectivity index (χ1v) is 9.17. The van der Waals surface area contributed by atoms with Crippen LogP contribution in [0, 0.1) is 0 Å². The SMILES string of the molecule is CC(C)Oc1cccc([C@H](C)NC(=O)c2ccc(=O)n(-c3ccccc3)n2)c1. The van der Waals surface area contributed by atoms with Crippen molar-refractivity contribution in [2.24, 2.45) is 0 Å². The van der Waals surface area contributed by atoms with Gasteiger partial charge in [-0.2, -0.15) is 9.78 Å². The molecule has 1 N–H and O–H groups in total. The summed E-state index contributed by atoms with van der Waals surface area (Å²) < 4.78 is 6.93. The Kier molecular flexibility index (Phi) is 5.89. The number of ether oxygens (including phenoxy) is 1. The molecule has 3 aromatic rings. The van der Waals surface area contributed by atoms with Gasteiger partial charge in [0.15, 0.2) is 0 Å². The van der Waals surface area contributed by atoms with Crippen LogP contribution in [0.3, 0.4) is 0 Å². The minimum Gasteiger partial charge on any atom is -0.491 e. The lowest BCUT2D eigenvalue weighted by Gasteiger charge is -2.16. The molecule has 6 heteroatoms. The third-order valence-electron chi connectivity index (χ3n) is 4.11. The molecule has 1 amide bonds. The molecule has 28 heavy (non-hydrogen) atoms. The van der Waals surface area contributed by atoms with Crippen molar-refractivity contribution in [3.05, 3.63) is 88.3 Å². The normalized spacial score (nSPS) is 11.9. The number of nitrogens with zero attached hydrogens (tertiary/aromatic N) is 2. The molecule has 0 aliphatic carbocycles. The molecule has 6 nitrogen and oxygen atoms in total. The molecule has 3 rings (SSSR count). The van der Waals surface area contributed by atoms with E-state index >= 15 is 0 Å². The predicted octanol–water partition coefficient (Wildman–Crippen LogP) is 3.51. The summed E-state index contributed by atoms with van der Waals surface area (Å²) in [6.45, 7) is 5.82. The molecule has 144 valence electrons. The highest BCUT2D eigenvalue weighted by atomic mass is 16.5. The molecule has 1 aromatic heterocycles. The van der Waals surface area contributed by atoms with E-state index in [4.69, 9.17) is 4.74 Å². The second kappa shape index (κ2) is 8.52. The molecule has 0 aliphatic rings. The van der Waals surface area contributed by atoms with Gasteiger partial charge in [-0.25, -0.2) is 0 Å². The summed E-state index contributed by atoms with van der Waals surface area (Å²) in [6, 6.07) is 19.1. The van der Waals surface area contributed by atoms with Gasteiger partial charge in [0.25, 0.3) is 11.5 Å². The Morgan fingerprint density at radius 1 is 1.00 bits per heavy atom. The third kappa shape index (κ3) is 4.65. The van der Waals surface area contributed by atoms with Gasteiger partial charge in [-0.15, -0.1) is 0 Å². The van der Waals surface area contributed by atoms with E-state index in [9.17, 15) is 9.59 Å². The highest BCUT2D eigenvalue weighted by molar-refractivity contribution is 5.92. The number of amides is 1. The fourth-order valence-corrected chi connectivity index (χ4v) is 2.77. The minimum atomic E-state index is -0.354. The van der Waals surface area contributed by atoms with Crippen molar-refractivity contribution in [3.63, 3.8) is 0 Å². The Hall–Kier alpha value is -3.41. The Bertz CT molecular complexity index is 1010. The molecule has 0 fully saturated rings. The standard InChI is InChI=1S/C22H23N3O3/c1-15(2)28-19-11-7-8-17(14-19)16(3)23-22(27)20-12-13-21(26)25(24-20)18-9-5-4-6-10-18/h4-16H,1-3H3,(H,23,27)/t16-/m0/s1. The molecule has 0 unspecified atom stereocenters. The van der Waals surface area contributed by atoms with Crippen LogP contribution in [0.15, 0.2) is 71.5 Å². The van der Waals surface area contributed by atoms with Gasteiger partial charge in [0.05, 0.1) is 17.8 Å². The van der Waals surface area contributed by atoms with E-state index in [1.807, 2.05) is 63.2 Å². The van der Waals surface area contributed by atoms with E-state index in [-0.39, 0.29) is 29.3 Å². The molecule has 0 saturated heterocycles. The van der Waals surface area contributed by atoms with Crippen molar-refractivity contribution in [2.45, 2.75) is 32.9 Å². The highest BCUT2D eigenvalue weighted by Gasteiger charge is 2.15. The quantitative estimate of drug-likeness (QED) is 0.713. The summed E-state index contributed by atoms with van der Waals surface area (Å²) in [5.74, 6) is 0.400.